The summed E-state index contributed by atoms with van der Waals surface area (Å²) < 4.78 is 0. The molecule has 1 aromatic rings. The second-order valence-electron chi connectivity index (χ2n) is 4.41. The molecule has 0 aliphatic rings. The summed E-state index contributed by atoms with van der Waals surface area (Å²) in [5.74, 6) is 0. The summed E-state index contributed by atoms with van der Waals surface area (Å²) in [5, 5.41) is 12.4. The highest BCUT2D eigenvalue weighted by Crippen LogP contribution is 2.18. The van der Waals surface area contributed by atoms with Crippen molar-refractivity contribution >= 4 is 5.69 Å². The van der Waals surface area contributed by atoms with Gasteiger partial charge in [-0.05, 0) is 37.6 Å². The summed E-state index contributed by atoms with van der Waals surface area (Å²) in [6.07, 6.45) is 1.15. The Balaban J connectivity index is 2.60. The molecule has 0 radical (unpaired) electrons. The molecule has 1 aromatic carbocycles. The topological polar surface area (TPSA) is 35.5 Å². The zero-order valence-electron chi connectivity index (χ0n) is 11.1. The van der Waals surface area contributed by atoms with Crippen LogP contribution < -0.4 is 10.2 Å². The molecule has 0 amide bonds. The van der Waals surface area contributed by atoms with Crippen molar-refractivity contribution in [3.8, 4) is 0 Å². The highest BCUT2D eigenvalue weighted by atomic mass is 16.3. The molecule has 1 unspecified atom stereocenters. The van der Waals surface area contributed by atoms with E-state index in [0.717, 1.165) is 18.7 Å². The number of aliphatic hydroxyl groups excluding tert-OH is 1. The Labute approximate surface area is 104 Å². The molecule has 17 heavy (non-hydrogen) atoms. The van der Waals surface area contributed by atoms with Gasteiger partial charge in [-0.2, -0.15) is 0 Å². The lowest BCUT2D eigenvalue weighted by Gasteiger charge is -2.19. The quantitative estimate of drug-likeness (QED) is 0.761. The van der Waals surface area contributed by atoms with Crippen molar-refractivity contribution in [1.29, 1.82) is 0 Å². The maximum atomic E-state index is 8.89. The van der Waals surface area contributed by atoms with E-state index in [9.17, 15) is 0 Å². The van der Waals surface area contributed by atoms with E-state index in [1.165, 1.54) is 5.56 Å². The van der Waals surface area contributed by atoms with Gasteiger partial charge in [-0.25, -0.2) is 0 Å². The summed E-state index contributed by atoms with van der Waals surface area (Å²) in [6.45, 7) is 6.26. The van der Waals surface area contributed by atoms with Crippen LogP contribution in [0.3, 0.4) is 0 Å². The number of anilines is 1. The standard InChI is InChI=1S/C14H24N2O/c1-4-9-15-12(2)13-5-7-14(8-6-13)16(3)10-11-17/h5-8,12,15,17H,4,9-11H2,1-3H3. The average molecular weight is 236 g/mol. The molecule has 0 aliphatic heterocycles. The van der Waals surface area contributed by atoms with Crippen molar-refractivity contribution in [3.05, 3.63) is 29.8 Å². The molecule has 0 heterocycles. The Morgan fingerprint density at radius 3 is 2.47 bits per heavy atom. The molecule has 1 rings (SSSR count). The SMILES string of the molecule is CCCNC(C)c1ccc(N(C)CCO)cc1. The van der Waals surface area contributed by atoms with Gasteiger partial charge in [-0.3, -0.25) is 0 Å². The molecule has 0 aliphatic carbocycles. The van der Waals surface area contributed by atoms with Crippen LogP contribution in [0.2, 0.25) is 0 Å². The maximum absolute atomic E-state index is 8.89. The minimum absolute atomic E-state index is 0.187. The van der Waals surface area contributed by atoms with Gasteiger partial charge in [0.1, 0.15) is 0 Å². The predicted molar refractivity (Wildman–Crippen MR) is 73.5 cm³/mol. The van der Waals surface area contributed by atoms with Crippen LogP contribution in [-0.2, 0) is 0 Å². The van der Waals surface area contributed by atoms with E-state index in [0.29, 0.717) is 12.6 Å². The van der Waals surface area contributed by atoms with Crippen molar-refractivity contribution in [3.63, 3.8) is 0 Å². The van der Waals surface area contributed by atoms with E-state index < -0.39 is 0 Å². The third-order valence-electron chi connectivity index (χ3n) is 2.97. The van der Waals surface area contributed by atoms with Crippen LogP contribution >= 0.6 is 0 Å². The Hall–Kier alpha value is -1.06. The highest BCUT2D eigenvalue weighted by molar-refractivity contribution is 5.47. The minimum atomic E-state index is 0.187. The Morgan fingerprint density at radius 2 is 1.94 bits per heavy atom. The van der Waals surface area contributed by atoms with Gasteiger partial charge in [0.25, 0.3) is 0 Å². The lowest BCUT2D eigenvalue weighted by molar-refractivity contribution is 0.304. The van der Waals surface area contributed by atoms with Crippen LogP contribution in [0, 0.1) is 0 Å². The second-order valence-corrected chi connectivity index (χ2v) is 4.41. The van der Waals surface area contributed by atoms with Gasteiger partial charge in [0.15, 0.2) is 0 Å². The van der Waals surface area contributed by atoms with E-state index in [2.05, 4.69) is 43.4 Å². The van der Waals surface area contributed by atoms with Crippen LogP contribution in [0.5, 0.6) is 0 Å². The molecular formula is C14H24N2O. The third kappa shape index (κ3) is 4.36. The van der Waals surface area contributed by atoms with Crippen molar-refractivity contribution in [2.45, 2.75) is 26.3 Å². The summed E-state index contributed by atoms with van der Waals surface area (Å²) in [4.78, 5) is 2.05. The van der Waals surface area contributed by atoms with Crippen LogP contribution in [0.15, 0.2) is 24.3 Å². The first kappa shape index (κ1) is 14.0. The average Bonchev–Trinajstić information content (AvgIpc) is 2.36. The molecule has 0 bridgehead atoms. The predicted octanol–water partition coefficient (Wildman–Crippen LogP) is 2.18. The Morgan fingerprint density at radius 1 is 1.29 bits per heavy atom. The van der Waals surface area contributed by atoms with Crippen molar-refractivity contribution in [1.82, 2.24) is 5.32 Å². The molecular weight excluding hydrogens is 212 g/mol. The summed E-state index contributed by atoms with van der Waals surface area (Å²) in [7, 11) is 1.99. The van der Waals surface area contributed by atoms with Gasteiger partial charge < -0.3 is 15.3 Å². The second kappa shape index (κ2) is 7.30. The fourth-order valence-electron chi connectivity index (χ4n) is 1.78. The van der Waals surface area contributed by atoms with E-state index >= 15 is 0 Å². The van der Waals surface area contributed by atoms with Crippen LogP contribution in [0.4, 0.5) is 5.69 Å². The molecule has 0 fully saturated rings. The Bertz CT molecular complexity index is 311. The maximum Gasteiger partial charge on any atom is 0.0606 e. The zero-order chi connectivity index (χ0) is 12.7. The number of likely N-dealkylation sites (N-methyl/N-ethyl adjacent to an activating group) is 1. The molecule has 2 N–H and O–H groups in total. The van der Waals surface area contributed by atoms with Crippen molar-refractivity contribution < 1.29 is 5.11 Å². The molecule has 3 heteroatoms. The van der Waals surface area contributed by atoms with Gasteiger partial charge in [0.2, 0.25) is 0 Å². The number of aliphatic hydroxyl groups is 1. The van der Waals surface area contributed by atoms with Crippen LogP contribution in [-0.4, -0.2) is 31.9 Å². The third-order valence-corrected chi connectivity index (χ3v) is 2.97. The largest absolute Gasteiger partial charge is 0.395 e. The van der Waals surface area contributed by atoms with Crippen LogP contribution in [0.1, 0.15) is 31.9 Å². The normalized spacial score (nSPS) is 12.5. The smallest absolute Gasteiger partial charge is 0.0606 e. The van der Waals surface area contributed by atoms with Gasteiger partial charge in [0, 0.05) is 25.3 Å². The van der Waals surface area contributed by atoms with Gasteiger partial charge >= 0.3 is 0 Å². The monoisotopic (exact) mass is 236 g/mol. The number of benzene rings is 1. The number of hydrogen-bond acceptors (Lipinski definition) is 3. The molecule has 0 saturated carbocycles. The molecule has 3 nitrogen and oxygen atoms in total. The first-order valence-electron chi connectivity index (χ1n) is 6.34. The summed E-state index contributed by atoms with van der Waals surface area (Å²) in [5.41, 5.74) is 2.45. The lowest BCUT2D eigenvalue weighted by Crippen LogP contribution is -2.21. The fourth-order valence-corrected chi connectivity index (χ4v) is 1.78. The molecule has 0 saturated heterocycles. The Kier molecular flexibility index (Phi) is 6.01. The minimum Gasteiger partial charge on any atom is -0.395 e. The zero-order valence-corrected chi connectivity index (χ0v) is 11.1. The molecule has 0 aromatic heterocycles. The van der Waals surface area contributed by atoms with Gasteiger partial charge in [-0.1, -0.05) is 19.1 Å². The van der Waals surface area contributed by atoms with E-state index in [1.54, 1.807) is 0 Å². The summed E-state index contributed by atoms with van der Waals surface area (Å²) >= 11 is 0. The number of hydrogen-bond donors (Lipinski definition) is 2. The number of nitrogens with one attached hydrogen (secondary N) is 1. The summed E-state index contributed by atoms with van der Waals surface area (Å²) in [6, 6.07) is 8.91. The van der Waals surface area contributed by atoms with Crippen molar-refractivity contribution in [2.75, 3.05) is 31.6 Å². The molecule has 0 spiro atoms. The lowest BCUT2D eigenvalue weighted by atomic mass is 10.1. The van der Waals surface area contributed by atoms with Crippen molar-refractivity contribution in [2.24, 2.45) is 0 Å². The first-order chi connectivity index (χ1) is 8.19. The fraction of sp³-hybridized carbons (Fsp3) is 0.571. The van der Waals surface area contributed by atoms with E-state index in [1.807, 2.05) is 11.9 Å². The van der Waals surface area contributed by atoms with Crippen LogP contribution in [0.25, 0.3) is 0 Å². The highest BCUT2D eigenvalue weighted by Gasteiger charge is 2.05. The first-order valence-corrected chi connectivity index (χ1v) is 6.34. The van der Waals surface area contributed by atoms with E-state index in [-0.39, 0.29) is 6.61 Å². The number of rotatable bonds is 7. The van der Waals surface area contributed by atoms with E-state index in [4.69, 9.17) is 5.11 Å². The molecule has 96 valence electrons. The number of nitrogens with zero attached hydrogens (tertiary/aromatic N) is 1. The molecule has 1 atom stereocenters. The van der Waals surface area contributed by atoms with Gasteiger partial charge in [0.05, 0.1) is 6.61 Å². The van der Waals surface area contributed by atoms with Gasteiger partial charge in [-0.15, -0.1) is 0 Å².